The molecule has 1 rings (SSSR count). The van der Waals surface area contributed by atoms with Gasteiger partial charge in [-0.1, -0.05) is 27.7 Å². The van der Waals surface area contributed by atoms with E-state index in [0.717, 1.165) is 17.3 Å². The van der Waals surface area contributed by atoms with Crippen LogP contribution in [0.4, 0.5) is 5.95 Å². The largest absolute Gasteiger partial charge is 0.483 e. The zero-order valence-electron chi connectivity index (χ0n) is 13.1. The molecular weight excluding hydrogens is 242 g/mol. The van der Waals surface area contributed by atoms with Crippen molar-refractivity contribution in [3.8, 4) is 0 Å². The van der Waals surface area contributed by atoms with Gasteiger partial charge in [0.25, 0.3) is 6.47 Å². The second-order valence-corrected chi connectivity index (χ2v) is 4.26. The first-order valence-corrected chi connectivity index (χ1v) is 6.57. The minimum absolute atomic E-state index is 0.250. The van der Waals surface area contributed by atoms with Gasteiger partial charge in [-0.2, -0.15) is 0 Å². The minimum atomic E-state index is -0.250. The number of rotatable bonds is 3. The van der Waals surface area contributed by atoms with E-state index in [4.69, 9.17) is 9.90 Å². The summed E-state index contributed by atoms with van der Waals surface area (Å²) in [7, 11) is 0. The molecule has 0 fully saturated rings. The maximum atomic E-state index is 8.36. The van der Waals surface area contributed by atoms with E-state index in [1.807, 2.05) is 33.8 Å². The normalized spacial score (nSPS) is 10.5. The van der Waals surface area contributed by atoms with Crippen molar-refractivity contribution in [3.05, 3.63) is 17.5 Å². The zero-order chi connectivity index (χ0) is 15.4. The highest BCUT2D eigenvalue weighted by molar-refractivity contribution is 5.32. The predicted molar refractivity (Wildman–Crippen MR) is 79.5 cm³/mol. The Labute approximate surface area is 116 Å². The van der Waals surface area contributed by atoms with Crippen molar-refractivity contribution in [2.75, 3.05) is 5.32 Å². The van der Waals surface area contributed by atoms with Gasteiger partial charge in [0.05, 0.1) is 0 Å². The molecule has 5 nitrogen and oxygen atoms in total. The molecule has 0 aliphatic carbocycles. The fourth-order valence-corrected chi connectivity index (χ4v) is 1.16. The summed E-state index contributed by atoms with van der Waals surface area (Å²) in [6.45, 7) is 14.2. The maximum Gasteiger partial charge on any atom is 0.290 e. The van der Waals surface area contributed by atoms with E-state index in [9.17, 15) is 0 Å². The van der Waals surface area contributed by atoms with Crippen LogP contribution < -0.4 is 5.32 Å². The van der Waals surface area contributed by atoms with Crippen molar-refractivity contribution in [2.24, 2.45) is 5.92 Å². The lowest BCUT2D eigenvalue weighted by Gasteiger charge is -2.17. The molecule has 0 aliphatic heterocycles. The Kier molecular flexibility index (Phi) is 11.9. The van der Waals surface area contributed by atoms with E-state index in [2.05, 4.69) is 36.1 Å². The molecule has 1 unspecified atom stereocenters. The van der Waals surface area contributed by atoms with E-state index in [1.165, 1.54) is 0 Å². The van der Waals surface area contributed by atoms with Crippen molar-refractivity contribution in [1.29, 1.82) is 0 Å². The van der Waals surface area contributed by atoms with Crippen molar-refractivity contribution in [1.82, 2.24) is 9.97 Å². The fourth-order valence-electron chi connectivity index (χ4n) is 1.16. The summed E-state index contributed by atoms with van der Waals surface area (Å²) in [6.07, 6.45) is 0. The third-order valence-electron chi connectivity index (χ3n) is 2.34. The Hall–Kier alpha value is -1.65. The van der Waals surface area contributed by atoms with Crippen LogP contribution in [0.2, 0.25) is 0 Å². The van der Waals surface area contributed by atoms with Gasteiger partial charge in [-0.3, -0.25) is 4.79 Å². The summed E-state index contributed by atoms with van der Waals surface area (Å²) in [6, 6.07) is 2.38. The highest BCUT2D eigenvalue weighted by Gasteiger charge is 2.08. The van der Waals surface area contributed by atoms with E-state index in [0.29, 0.717) is 12.0 Å². The number of aryl methyl sites for hydroxylation is 2. The molecule has 2 N–H and O–H groups in total. The average molecular weight is 269 g/mol. The predicted octanol–water partition coefficient (Wildman–Crippen LogP) is 3.28. The van der Waals surface area contributed by atoms with Gasteiger partial charge in [0.1, 0.15) is 0 Å². The molecule has 0 saturated carbocycles. The van der Waals surface area contributed by atoms with Crippen LogP contribution in [0.1, 0.15) is 46.0 Å². The summed E-state index contributed by atoms with van der Waals surface area (Å²) in [5.74, 6) is 1.32. The molecule has 0 aliphatic rings. The van der Waals surface area contributed by atoms with Gasteiger partial charge in [0.15, 0.2) is 0 Å². The number of hydrogen-bond donors (Lipinski definition) is 2. The summed E-state index contributed by atoms with van der Waals surface area (Å²) >= 11 is 0. The molecule has 19 heavy (non-hydrogen) atoms. The van der Waals surface area contributed by atoms with E-state index in [1.54, 1.807) is 0 Å². The van der Waals surface area contributed by atoms with Crippen LogP contribution in [0, 0.1) is 19.8 Å². The number of carboxylic acid groups (broad SMARTS) is 1. The van der Waals surface area contributed by atoms with Gasteiger partial charge in [0.2, 0.25) is 5.95 Å². The molecule has 1 heterocycles. The molecule has 1 aromatic rings. The van der Waals surface area contributed by atoms with Crippen molar-refractivity contribution >= 4 is 12.4 Å². The number of carbonyl (C=O) groups is 1. The van der Waals surface area contributed by atoms with Crippen LogP contribution in [0.3, 0.4) is 0 Å². The number of aromatic nitrogens is 2. The van der Waals surface area contributed by atoms with Crippen LogP contribution in [0.25, 0.3) is 0 Å². The molecule has 0 aromatic carbocycles. The molecule has 0 amide bonds. The van der Waals surface area contributed by atoms with Gasteiger partial charge < -0.3 is 10.4 Å². The Morgan fingerprint density at radius 1 is 1.16 bits per heavy atom. The van der Waals surface area contributed by atoms with Crippen LogP contribution >= 0.6 is 0 Å². The van der Waals surface area contributed by atoms with E-state index < -0.39 is 0 Å². The Bertz CT molecular complexity index is 334. The van der Waals surface area contributed by atoms with Gasteiger partial charge in [-0.15, -0.1) is 0 Å². The van der Waals surface area contributed by atoms with Crippen molar-refractivity contribution in [2.45, 2.75) is 54.5 Å². The number of nitrogens with one attached hydrogen (secondary N) is 1. The van der Waals surface area contributed by atoms with E-state index >= 15 is 0 Å². The first-order valence-electron chi connectivity index (χ1n) is 6.57. The lowest BCUT2D eigenvalue weighted by molar-refractivity contribution is -0.122. The number of nitrogens with zero attached hydrogens (tertiary/aromatic N) is 2. The van der Waals surface area contributed by atoms with Crippen molar-refractivity contribution < 1.29 is 9.90 Å². The Balaban J connectivity index is 0. The maximum absolute atomic E-state index is 8.36. The second kappa shape index (κ2) is 11.4. The lowest BCUT2D eigenvalue weighted by atomic mass is 10.1. The van der Waals surface area contributed by atoms with Crippen LogP contribution in [-0.2, 0) is 4.79 Å². The van der Waals surface area contributed by atoms with Crippen LogP contribution in [0.15, 0.2) is 6.07 Å². The second-order valence-electron chi connectivity index (χ2n) is 4.26. The SMILES string of the molecule is CC.Cc1cc(C)nc(NC(C)C(C)C)n1.O=CO. The molecule has 0 bridgehead atoms. The average Bonchev–Trinajstić information content (AvgIpc) is 2.31. The molecule has 0 saturated heterocycles. The summed E-state index contributed by atoms with van der Waals surface area (Å²) in [4.78, 5) is 17.0. The standard InChI is InChI=1S/C11H19N3.C2H6.CH2O2/c1-7(2)10(5)14-11-12-8(3)6-9(4)13-11;1-2;2-1-3/h6-7,10H,1-5H3,(H,12,13,14);1-2H3;1H,(H,2,3). The number of hydrogen-bond acceptors (Lipinski definition) is 4. The zero-order valence-corrected chi connectivity index (χ0v) is 13.1. The van der Waals surface area contributed by atoms with Crippen LogP contribution in [0.5, 0.6) is 0 Å². The van der Waals surface area contributed by atoms with Gasteiger partial charge >= 0.3 is 0 Å². The van der Waals surface area contributed by atoms with E-state index in [-0.39, 0.29) is 6.47 Å². The lowest BCUT2D eigenvalue weighted by Crippen LogP contribution is -2.23. The first kappa shape index (κ1) is 19.7. The monoisotopic (exact) mass is 269 g/mol. The molecule has 110 valence electrons. The van der Waals surface area contributed by atoms with Gasteiger partial charge in [-0.05, 0) is 32.8 Å². The molecule has 1 aromatic heterocycles. The van der Waals surface area contributed by atoms with Crippen molar-refractivity contribution in [3.63, 3.8) is 0 Å². The van der Waals surface area contributed by atoms with Gasteiger partial charge in [0, 0.05) is 17.4 Å². The third kappa shape index (κ3) is 10.00. The Morgan fingerprint density at radius 3 is 1.84 bits per heavy atom. The summed E-state index contributed by atoms with van der Waals surface area (Å²) in [5.41, 5.74) is 2.02. The highest BCUT2D eigenvalue weighted by Crippen LogP contribution is 2.09. The molecular formula is C14H27N3O2. The minimum Gasteiger partial charge on any atom is -0.483 e. The highest BCUT2D eigenvalue weighted by atomic mass is 16.3. The number of anilines is 1. The molecule has 0 spiro atoms. The topological polar surface area (TPSA) is 75.1 Å². The quantitative estimate of drug-likeness (QED) is 0.824. The molecule has 1 atom stereocenters. The summed E-state index contributed by atoms with van der Waals surface area (Å²) in [5, 5.41) is 10.2. The van der Waals surface area contributed by atoms with Gasteiger partial charge in [-0.25, -0.2) is 9.97 Å². The smallest absolute Gasteiger partial charge is 0.290 e. The summed E-state index contributed by atoms with van der Waals surface area (Å²) < 4.78 is 0. The first-order chi connectivity index (χ1) is 8.90. The van der Waals surface area contributed by atoms with Crippen LogP contribution in [-0.4, -0.2) is 27.6 Å². The molecule has 0 radical (unpaired) electrons. The Morgan fingerprint density at radius 2 is 1.53 bits per heavy atom. The fraction of sp³-hybridized carbons (Fsp3) is 0.643. The third-order valence-corrected chi connectivity index (χ3v) is 2.34. The molecule has 5 heteroatoms.